The van der Waals surface area contributed by atoms with Crippen molar-refractivity contribution in [1.82, 2.24) is 14.9 Å². The lowest BCUT2D eigenvalue weighted by Gasteiger charge is -2.26. The molecule has 4 rings (SSSR count). The van der Waals surface area contributed by atoms with Crippen molar-refractivity contribution in [2.45, 2.75) is 37.0 Å². The van der Waals surface area contributed by atoms with Crippen molar-refractivity contribution < 1.29 is 5.11 Å². The Bertz CT molecular complexity index is 617. The van der Waals surface area contributed by atoms with E-state index in [1.54, 1.807) is 6.33 Å². The Hall–Kier alpha value is -1.11. The van der Waals surface area contributed by atoms with Crippen LogP contribution in [0, 0.1) is 5.92 Å². The molecule has 3 aliphatic rings. The molecule has 0 spiro atoms. The van der Waals surface area contributed by atoms with Crippen LogP contribution in [0.15, 0.2) is 12.4 Å². The number of aliphatic hydroxyl groups excluding tert-OH is 1. The maximum Gasteiger partial charge on any atom is 0.130 e. The first-order valence-electron chi connectivity index (χ1n) is 8.51. The van der Waals surface area contributed by atoms with Crippen LogP contribution in [-0.2, 0) is 6.42 Å². The molecule has 3 N–H and O–H groups in total. The number of hydrogen-bond acceptors (Lipinski definition) is 6. The Labute approximate surface area is 141 Å². The van der Waals surface area contributed by atoms with Crippen LogP contribution in [-0.4, -0.2) is 56.7 Å². The lowest BCUT2D eigenvalue weighted by molar-refractivity contribution is 0.151. The molecular weight excluding hydrogens is 308 g/mol. The standard InChI is InChI=1S/C17H24N4OS/c18-17-14-5-4-11(16(14)19-10-20-17)6-21-7-12(15(22)8-21)9-23-13-2-1-3-13/h4,10,12-13,15,22H,1-3,5-9H2,(H2,18,19,20)/t12-,15-/m1/s1. The van der Waals surface area contributed by atoms with E-state index in [2.05, 4.69) is 32.7 Å². The summed E-state index contributed by atoms with van der Waals surface area (Å²) in [5.41, 5.74) is 9.22. The van der Waals surface area contributed by atoms with E-state index in [-0.39, 0.29) is 6.10 Å². The third kappa shape index (κ3) is 3.12. The van der Waals surface area contributed by atoms with E-state index in [0.29, 0.717) is 11.7 Å². The van der Waals surface area contributed by atoms with Crippen LogP contribution < -0.4 is 5.73 Å². The Morgan fingerprint density at radius 2 is 2.17 bits per heavy atom. The summed E-state index contributed by atoms with van der Waals surface area (Å²) in [4.78, 5) is 10.8. The molecule has 0 bridgehead atoms. The predicted octanol–water partition coefficient (Wildman–Crippen LogP) is 1.58. The Kier molecular flexibility index (Phi) is 4.30. The van der Waals surface area contributed by atoms with E-state index in [9.17, 15) is 5.11 Å². The van der Waals surface area contributed by atoms with Crippen LogP contribution in [0.1, 0.15) is 30.5 Å². The van der Waals surface area contributed by atoms with Crippen molar-refractivity contribution >= 4 is 23.2 Å². The molecule has 6 heteroatoms. The van der Waals surface area contributed by atoms with E-state index in [4.69, 9.17) is 5.73 Å². The highest BCUT2D eigenvalue weighted by Crippen LogP contribution is 2.35. The van der Waals surface area contributed by atoms with E-state index in [1.165, 1.54) is 24.8 Å². The number of likely N-dealkylation sites (tertiary alicyclic amines) is 1. The van der Waals surface area contributed by atoms with Gasteiger partial charge in [-0.1, -0.05) is 12.5 Å². The van der Waals surface area contributed by atoms with Gasteiger partial charge in [0, 0.05) is 42.1 Å². The minimum Gasteiger partial charge on any atom is -0.391 e. The minimum atomic E-state index is -0.195. The summed E-state index contributed by atoms with van der Waals surface area (Å²) >= 11 is 2.06. The van der Waals surface area contributed by atoms with E-state index in [1.807, 2.05) is 0 Å². The van der Waals surface area contributed by atoms with Gasteiger partial charge in [-0.3, -0.25) is 4.90 Å². The monoisotopic (exact) mass is 332 g/mol. The fourth-order valence-electron chi connectivity index (χ4n) is 3.64. The van der Waals surface area contributed by atoms with Crippen LogP contribution in [0.2, 0.25) is 0 Å². The van der Waals surface area contributed by atoms with Gasteiger partial charge >= 0.3 is 0 Å². The second kappa shape index (κ2) is 6.42. The number of thioether (sulfide) groups is 1. The quantitative estimate of drug-likeness (QED) is 0.853. The smallest absolute Gasteiger partial charge is 0.130 e. The van der Waals surface area contributed by atoms with Crippen molar-refractivity contribution in [2.24, 2.45) is 5.92 Å². The van der Waals surface area contributed by atoms with Gasteiger partial charge < -0.3 is 10.8 Å². The number of allylic oxidation sites excluding steroid dienone is 1. The number of β-amino-alcohol motifs (C(OH)–C–C–N with tert-alkyl or cyclic N) is 1. The number of nitrogen functional groups attached to an aromatic ring is 1. The summed E-state index contributed by atoms with van der Waals surface area (Å²) in [6, 6.07) is 0. The number of fused-ring (bicyclic) bond motifs is 1. The molecular formula is C17H24N4OS. The number of aliphatic hydroxyl groups is 1. The molecule has 5 nitrogen and oxygen atoms in total. The van der Waals surface area contributed by atoms with Gasteiger partial charge in [0.1, 0.15) is 12.1 Å². The average Bonchev–Trinajstić information content (AvgIpc) is 3.03. The molecule has 23 heavy (non-hydrogen) atoms. The van der Waals surface area contributed by atoms with Gasteiger partial charge in [-0.05, 0) is 24.8 Å². The molecule has 2 fully saturated rings. The highest BCUT2D eigenvalue weighted by Gasteiger charge is 2.33. The summed E-state index contributed by atoms with van der Waals surface area (Å²) < 4.78 is 0. The summed E-state index contributed by atoms with van der Waals surface area (Å²) in [5.74, 6) is 2.09. The Balaban J connectivity index is 1.35. The molecule has 1 aromatic rings. The Morgan fingerprint density at radius 3 is 2.96 bits per heavy atom. The maximum atomic E-state index is 10.4. The molecule has 0 radical (unpaired) electrons. The van der Waals surface area contributed by atoms with E-state index in [0.717, 1.165) is 48.3 Å². The number of hydrogen-bond donors (Lipinski definition) is 2. The van der Waals surface area contributed by atoms with Gasteiger partial charge in [0.25, 0.3) is 0 Å². The third-order valence-electron chi connectivity index (χ3n) is 5.31. The van der Waals surface area contributed by atoms with Crippen molar-refractivity contribution in [2.75, 3.05) is 31.1 Å². The number of aromatic nitrogens is 2. The first-order valence-corrected chi connectivity index (χ1v) is 9.56. The van der Waals surface area contributed by atoms with Crippen LogP contribution in [0.3, 0.4) is 0 Å². The van der Waals surface area contributed by atoms with Gasteiger partial charge in [0.2, 0.25) is 0 Å². The van der Waals surface area contributed by atoms with Gasteiger partial charge in [0.15, 0.2) is 0 Å². The molecule has 124 valence electrons. The van der Waals surface area contributed by atoms with Gasteiger partial charge in [-0.15, -0.1) is 0 Å². The maximum absolute atomic E-state index is 10.4. The topological polar surface area (TPSA) is 75.3 Å². The first kappa shape index (κ1) is 15.4. The fourth-order valence-corrected chi connectivity index (χ4v) is 5.15. The number of nitrogens with zero attached hydrogens (tertiary/aromatic N) is 3. The fraction of sp³-hybridized carbons (Fsp3) is 0.647. The van der Waals surface area contributed by atoms with E-state index >= 15 is 0 Å². The average molecular weight is 332 g/mol. The van der Waals surface area contributed by atoms with Crippen LogP contribution >= 0.6 is 11.8 Å². The molecule has 2 atom stereocenters. The van der Waals surface area contributed by atoms with Crippen LogP contribution in [0.5, 0.6) is 0 Å². The lowest BCUT2D eigenvalue weighted by Crippen LogP contribution is -2.24. The zero-order valence-corrected chi connectivity index (χ0v) is 14.1. The summed E-state index contributed by atoms with van der Waals surface area (Å²) in [6.07, 6.45) is 8.50. The summed E-state index contributed by atoms with van der Waals surface area (Å²) in [7, 11) is 0. The molecule has 1 aliphatic heterocycles. The molecule has 1 saturated heterocycles. The highest BCUT2D eigenvalue weighted by atomic mass is 32.2. The lowest BCUT2D eigenvalue weighted by atomic mass is 10.00. The molecule has 0 aromatic carbocycles. The van der Waals surface area contributed by atoms with Gasteiger partial charge in [0.05, 0.1) is 11.8 Å². The normalized spacial score (nSPS) is 27.8. The predicted molar refractivity (Wildman–Crippen MR) is 94.2 cm³/mol. The molecule has 2 heterocycles. The molecule has 1 saturated carbocycles. The Morgan fingerprint density at radius 1 is 1.30 bits per heavy atom. The van der Waals surface area contributed by atoms with E-state index < -0.39 is 0 Å². The van der Waals surface area contributed by atoms with Gasteiger partial charge in [-0.2, -0.15) is 11.8 Å². The molecule has 2 aliphatic carbocycles. The number of anilines is 1. The minimum absolute atomic E-state index is 0.195. The van der Waals surface area contributed by atoms with Crippen molar-refractivity contribution in [3.63, 3.8) is 0 Å². The number of nitrogens with two attached hydrogens (primary N) is 1. The molecule has 1 aromatic heterocycles. The second-order valence-corrected chi connectivity index (χ2v) is 8.26. The number of rotatable bonds is 5. The third-order valence-corrected chi connectivity index (χ3v) is 6.87. The second-order valence-electron chi connectivity index (χ2n) is 6.93. The highest BCUT2D eigenvalue weighted by molar-refractivity contribution is 7.99. The molecule has 0 amide bonds. The SMILES string of the molecule is Nc1ncnc2c1CC=C2CN1C[C@H](CSC2CCC2)[C@H](O)C1. The summed E-state index contributed by atoms with van der Waals surface area (Å²) in [5, 5.41) is 11.2. The van der Waals surface area contributed by atoms with Crippen molar-refractivity contribution in [3.05, 3.63) is 23.7 Å². The van der Waals surface area contributed by atoms with Crippen molar-refractivity contribution in [1.29, 1.82) is 0 Å². The van der Waals surface area contributed by atoms with Crippen molar-refractivity contribution in [3.8, 4) is 0 Å². The zero-order chi connectivity index (χ0) is 15.8. The largest absolute Gasteiger partial charge is 0.391 e. The zero-order valence-electron chi connectivity index (χ0n) is 13.3. The summed E-state index contributed by atoms with van der Waals surface area (Å²) in [6.45, 7) is 2.60. The van der Waals surface area contributed by atoms with Crippen LogP contribution in [0.25, 0.3) is 5.57 Å². The van der Waals surface area contributed by atoms with Crippen LogP contribution in [0.4, 0.5) is 5.82 Å². The van der Waals surface area contributed by atoms with Gasteiger partial charge in [-0.25, -0.2) is 9.97 Å². The first-order chi connectivity index (χ1) is 11.2. The molecule has 0 unspecified atom stereocenters.